The first-order chi connectivity index (χ1) is 25.8. The highest BCUT2D eigenvalue weighted by atomic mass is 15.5. The second-order valence-corrected chi connectivity index (χ2v) is 14.0. The van der Waals surface area contributed by atoms with Crippen molar-refractivity contribution in [3.8, 4) is 16.8 Å². The molecule has 3 heterocycles. The largest absolute Gasteiger partial charge is 0.355 e. The molecule has 1 saturated heterocycles. The molecule has 7 aromatic carbocycles. The molecular weight excluding hydrogens is 633 g/mol. The van der Waals surface area contributed by atoms with Crippen molar-refractivity contribution in [1.29, 1.82) is 0 Å². The predicted octanol–water partition coefficient (Wildman–Crippen LogP) is 11.4. The summed E-state index contributed by atoms with van der Waals surface area (Å²) in [4.78, 5) is 7.93. The summed E-state index contributed by atoms with van der Waals surface area (Å²) in [5.41, 5.74) is 11.4. The number of rotatable bonds is 6. The van der Waals surface area contributed by atoms with Crippen LogP contribution in [0.15, 0.2) is 193 Å². The van der Waals surface area contributed by atoms with Crippen molar-refractivity contribution in [1.82, 2.24) is 9.47 Å². The van der Waals surface area contributed by atoms with Crippen molar-refractivity contribution in [3.63, 3.8) is 0 Å². The number of nitrogens with one attached hydrogen (secondary N) is 1. The number of hydrogen-bond donors (Lipinski definition) is 1. The fraction of sp³-hybridized carbons (Fsp3) is 0.0625. The molecule has 4 nitrogen and oxygen atoms in total. The van der Waals surface area contributed by atoms with E-state index < -0.39 is 0 Å². The van der Waals surface area contributed by atoms with E-state index in [2.05, 4.69) is 197 Å². The Labute approximate surface area is 302 Å². The van der Waals surface area contributed by atoms with Gasteiger partial charge < -0.3 is 9.88 Å². The zero-order chi connectivity index (χ0) is 34.2. The lowest BCUT2D eigenvalue weighted by molar-refractivity contribution is 0.403. The Morgan fingerprint density at radius 1 is 0.577 bits per heavy atom. The van der Waals surface area contributed by atoms with Crippen LogP contribution >= 0.6 is 0 Å². The monoisotopic (exact) mass is 666 g/mol. The number of aromatic nitrogens is 1. The fourth-order valence-electron chi connectivity index (χ4n) is 8.90. The summed E-state index contributed by atoms with van der Waals surface area (Å²) in [5.74, 6) is 0. The van der Waals surface area contributed by atoms with Crippen molar-refractivity contribution in [2.24, 2.45) is 4.99 Å². The third kappa shape index (κ3) is 4.22. The molecule has 52 heavy (non-hydrogen) atoms. The lowest BCUT2D eigenvalue weighted by Crippen LogP contribution is -2.26. The van der Waals surface area contributed by atoms with Gasteiger partial charge in [0.15, 0.2) is 0 Å². The maximum atomic E-state index is 5.39. The zero-order valence-electron chi connectivity index (χ0n) is 28.4. The van der Waals surface area contributed by atoms with E-state index in [9.17, 15) is 0 Å². The van der Waals surface area contributed by atoms with E-state index in [0.29, 0.717) is 6.04 Å². The maximum Gasteiger partial charge on any atom is 0.130 e. The number of anilines is 2. The third-order valence-corrected chi connectivity index (χ3v) is 11.2. The first-order valence-electron chi connectivity index (χ1n) is 18.0. The fourth-order valence-corrected chi connectivity index (χ4v) is 8.90. The van der Waals surface area contributed by atoms with E-state index in [4.69, 9.17) is 4.99 Å². The predicted molar refractivity (Wildman–Crippen MR) is 216 cm³/mol. The summed E-state index contributed by atoms with van der Waals surface area (Å²) in [6.07, 6.45) is 8.98. The zero-order valence-corrected chi connectivity index (χ0v) is 28.4. The summed E-state index contributed by atoms with van der Waals surface area (Å²) >= 11 is 0. The molecule has 4 heteroatoms. The van der Waals surface area contributed by atoms with Gasteiger partial charge in [-0.25, -0.2) is 0 Å². The normalized spacial score (nSPS) is 21.3. The smallest absolute Gasteiger partial charge is 0.130 e. The Kier molecular flexibility index (Phi) is 6.34. The summed E-state index contributed by atoms with van der Waals surface area (Å²) in [7, 11) is 0. The molecule has 0 radical (unpaired) electrons. The molecule has 0 amide bonds. The summed E-state index contributed by atoms with van der Waals surface area (Å²) in [6.45, 7) is 0. The highest BCUT2D eigenvalue weighted by molar-refractivity contribution is 6.24. The van der Waals surface area contributed by atoms with E-state index in [1.807, 2.05) is 6.07 Å². The minimum atomic E-state index is -0.157. The average Bonchev–Trinajstić information content (AvgIpc) is 3.59. The molecule has 246 valence electrons. The Hall–Kier alpha value is -6.49. The quantitative estimate of drug-likeness (QED) is 0.179. The van der Waals surface area contributed by atoms with Crippen LogP contribution < -0.4 is 5.32 Å². The minimum Gasteiger partial charge on any atom is -0.355 e. The van der Waals surface area contributed by atoms with Crippen molar-refractivity contribution >= 4 is 49.7 Å². The summed E-state index contributed by atoms with van der Waals surface area (Å²) in [5, 5.41) is 8.71. The van der Waals surface area contributed by atoms with Gasteiger partial charge in [-0.1, -0.05) is 146 Å². The molecule has 1 aliphatic carbocycles. The van der Waals surface area contributed by atoms with Gasteiger partial charge >= 0.3 is 0 Å². The standard InChI is InChI=1S/C48H34N4/c1-3-15-32(16-4-1)46-48-30-14-13-25-44(48)52(48)47(50-46)33-26-28-35(29-27-33)51-42-24-12-10-22-39(42)45-38-21-8-7-19-36(38)40(31-43(45)51)37-20-9-11-23-41(37)49-34-17-5-2-6-18-34/h1-31,44,47,49H. The average molecular weight is 667 g/mol. The Balaban J connectivity index is 1.07. The Morgan fingerprint density at radius 3 is 2.10 bits per heavy atom. The molecule has 4 atom stereocenters. The van der Waals surface area contributed by atoms with Crippen LogP contribution in [0.25, 0.3) is 49.4 Å². The molecule has 4 unspecified atom stereocenters. The van der Waals surface area contributed by atoms with E-state index >= 15 is 0 Å². The molecule has 0 bridgehead atoms. The van der Waals surface area contributed by atoms with Crippen LogP contribution in [0.1, 0.15) is 17.3 Å². The van der Waals surface area contributed by atoms with Crippen LogP contribution in [-0.2, 0) is 0 Å². The first kappa shape index (κ1) is 29.3. The van der Waals surface area contributed by atoms with Crippen LogP contribution in [0, 0.1) is 0 Å². The lowest BCUT2D eigenvalue weighted by atomic mass is 9.90. The molecule has 1 N–H and O–H groups in total. The highest BCUT2D eigenvalue weighted by Gasteiger charge is 2.69. The first-order valence-corrected chi connectivity index (χ1v) is 18.0. The number of fused-ring (bicyclic) bond motifs is 6. The molecule has 1 aromatic heterocycles. The molecule has 2 aliphatic heterocycles. The molecule has 11 rings (SSSR count). The molecule has 3 aliphatic rings. The second kappa shape index (κ2) is 11.3. The van der Waals surface area contributed by atoms with Gasteiger partial charge in [0.05, 0.1) is 22.8 Å². The minimum absolute atomic E-state index is 0.0380. The molecule has 8 aromatic rings. The van der Waals surface area contributed by atoms with E-state index in [0.717, 1.165) is 22.8 Å². The number of aliphatic imine (C=N–C) groups is 1. The van der Waals surface area contributed by atoms with Gasteiger partial charge in [0.2, 0.25) is 0 Å². The van der Waals surface area contributed by atoms with Gasteiger partial charge in [-0.3, -0.25) is 9.89 Å². The van der Waals surface area contributed by atoms with E-state index in [1.54, 1.807) is 0 Å². The van der Waals surface area contributed by atoms with Crippen LogP contribution in [0.2, 0.25) is 0 Å². The van der Waals surface area contributed by atoms with Crippen LogP contribution in [-0.4, -0.2) is 26.8 Å². The van der Waals surface area contributed by atoms with Crippen LogP contribution in [0.5, 0.6) is 0 Å². The van der Waals surface area contributed by atoms with Gasteiger partial charge in [-0.15, -0.1) is 0 Å². The molecular formula is C48H34N4. The number of allylic oxidation sites excluding steroid dienone is 2. The number of para-hydroxylation sites is 3. The van der Waals surface area contributed by atoms with Gasteiger partial charge in [0.25, 0.3) is 0 Å². The van der Waals surface area contributed by atoms with Crippen LogP contribution in [0.3, 0.4) is 0 Å². The van der Waals surface area contributed by atoms with Gasteiger partial charge in [0.1, 0.15) is 11.7 Å². The van der Waals surface area contributed by atoms with Crippen molar-refractivity contribution < 1.29 is 0 Å². The Bertz CT molecular complexity index is 2770. The molecule has 0 saturated carbocycles. The maximum absolute atomic E-state index is 5.39. The van der Waals surface area contributed by atoms with Crippen molar-refractivity contribution in [2.75, 3.05) is 5.32 Å². The highest BCUT2D eigenvalue weighted by Crippen LogP contribution is 2.58. The van der Waals surface area contributed by atoms with Crippen LogP contribution in [0.4, 0.5) is 11.4 Å². The number of hydrogen-bond acceptors (Lipinski definition) is 3. The van der Waals surface area contributed by atoms with E-state index in [-0.39, 0.29) is 11.7 Å². The van der Waals surface area contributed by atoms with Gasteiger partial charge in [-0.2, -0.15) is 0 Å². The van der Waals surface area contributed by atoms with E-state index in [1.165, 1.54) is 54.8 Å². The number of benzene rings is 7. The van der Waals surface area contributed by atoms with Crippen molar-refractivity contribution in [2.45, 2.75) is 17.7 Å². The summed E-state index contributed by atoms with van der Waals surface area (Å²) < 4.78 is 2.44. The van der Waals surface area contributed by atoms with Crippen molar-refractivity contribution in [3.05, 3.63) is 199 Å². The lowest BCUT2D eigenvalue weighted by Gasteiger charge is -2.17. The summed E-state index contributed by atoms with van der Waals surface area (Å²) in [6, 6.07) is 59.2. The number of nitrogens with zero attached hydrogens (tertiary/aromatic N) is 3. The Morgan fingerprint density at radius 2 is 1.27 bits per heavy atom. The van der Waals surface area contributed by atoms with Gasteiger partial charge in [0, 0.05) is 33.4 Å². The second-order valence-electron chi connectivity index (χ2n) is 14.0. The van der Waals surface area contributed by atoms with Gasteiger partial charge in [-0.05, 0) is 69.9 Å². The topological polar surface area (TPSA) is 32.3 Å². The third-order valence-electron chi connectivity index (χ3n) is 11.2. The molecule has 1 spiro atoms. The molecule has 1 fully saturated rings. The SMILES string of the molecule is C1=CC2N3C(c4ccc(-n5c6ccccc6c6c7ccccc7c(-c7ccccc7Nc7ccccc7)cc65)cc4)N=C(c4ccccc4)C23C=C1.